The fourth-order valence-electron chi connectivity index (χ4n) is 1.71. The van der Waals surface area contributed by atoms with Crippen LogP contribution in [-0.2, 0) is 14.3 Å². The van der Waals surface area contributed by atoms with Gasteiger partial charge in [0.1, 0.15) is 12.9 Å². The third-order valence-electron chi connectivity index (χ3n) is 2.44. The van der Waals surface area contributed by atoms with Gasteiger partial charge < -0.3 is 9.53 Å². The monoisotopic (exact) mass is 208 g/mol. The molecule has 0 N–H and O–H groups in total. The summed E-state index contributed by atoms with van der Waals surface area (Å²) in [6.45, 7) is 1.69. The summed E-state index contributed by atoms with van der Waals surface area (Å²) < 4.78 is 4.77. The van der Waals surface area contributed by atoms with Gasteiger partial charge >= 0.3 is 5.97 Å². The van der Waals surface area contributed by atoms with E-state index >= 15 is 0 Å². The molecule has 1 aliphatic carbocycles. The number of allylic oxidation sites excluding steroid dienone is 3. The van der Waals surface area contributed by atoms with E-state index in [2.05, 4.69) is 6.08 Å². The number of ether oxygens (including phenoxy) is 1. The predicted octanol–water partition coefficient (Wildman–Crippen LogP) is 2.03. The van der Waals surface area contributed by atoms with Crippen molar-refractivity contribution in [3.63, 3.8) is 0 Å². The average molecular weight is 208 g/mol. The fraction of sp³-hybridized carbons (Fsp3) is 0.500. The molecule has 0 saturated heterocycles. The van der Waals surface area contributed by atoms with Gasteiger partial charge in [-0.2, -0.15) is 0 Å². The lowest BCUT2D eigenvalue weighted by atomic mass is 9.98. The van der Waals surface area contributed by atoms with Gasteiger partial charge in [0.15, 0.2) is 0 Å². The standard InChI is InChI=1S/C12H16O3/c1-10(14)15-9-3-6-11-4-2-5-12(11)7-8-13/h3-4,6,8,12H,2,5,7,9H2,1H3/b6-3-. The molecule has 3 heteroatoms. The van der Waals surface area contributed by atoms with Crippen LogP contribution in [0.1, 0.15) is 26.2 Å². The average Bonchev–Trinajstić information content (AvgIpc) is 2.61. The van der Waals surface area contributed by atoms with Crippen LogP contribution in [0.2, 0.25) is 0 Å². The highest BCUT2D eigenvalue weighted by Gasteiger charge is 2.15. The molecule has 15 heavy (non-hydrogen) atoms. The van der Waals surface area contributed by atoms with Gasteiger partial charge in [-0.25, -0.2) is 0 Å². The molecule has 0 aromatic heterocycles. The van der Waals surface area contributed by atoms with Crippen molar-refractivity contribution < 1.29 is 14.3 Å². The minimum atomic E-state index is -0.274. The van der Waals surface area contributed by atoms with Gasteiger partial charge in [0, 0.05) is 13.3 Å². The van der Waals surface area contributed by atoms with Gasteiger partial charge in [0.25, 0.3) is 0 Å². The molecule has 0 amide bonds. The van der Waals surface area contributed by atoms with Crippen molar-refractivity contribution in [2.45, 2.75) is 26.2 Å². The van der Waals surface area contributed by atoms with Gasteiger partial charge in [-0.3, -0.25) is 4.79 Å². The Bertz CT molecular complexity index is 289. The smallest absolute Gasteiger partial charge is 0.302 e. The van der Waals surface area contributed by atoms with Crippen LogP contribution in [0.5, 0.6) is 0 Å². The van der Waals surface area contributed by atoms with E-state index in [9.17, 15) is 9.59 Å². The van der Waals surface area contributed by atoms with Crippen molar-refractivity contribution >= 4 is 12.3 Å². The SMILES string of the molecule is CC(=O)OC/C=C\C1=CCCC1CC=O. The molecule has 0 fully saturated rings. The maximum atomic E-state index is 10.5. The summed E-state index contributed by atoms with van der Waals surface area (Å²) >= 11 is 0. The Balaban J connectivity index is 2.36. The summed E-state index contributed by atoms with van der Waals surface area (Å²) in [7, 11) is 0. The summed E-state index contributed by atoms with van der Waals surface area (Å²) in [4.78, 5) is 20.9. The number of hydrogen-bond donors (Lipinski definition) is 0. The van der Waals surface area contributed by atoms with Crippen LogP contribution in [-0.4, -0.2) is 18.9 Å². The third-order valence-corrected chi connectivity index (χ3v) is 2.44. The first kappa shape index (κ1) is 11.7. The second-order valence-electron chi connectivity index (χ2n) is 3.59. The number of carbonyl (C=O) groups is 2. The molecule has 0 spiro atoms. The van der Waals surface area contributed by atoms with Crippen molar-refractivity contribution in [2.75, 3.05) is 6.61 Å². The maximum Gasteiger partial charge on any atom is 0.302 e. The van der Waals surface area contributed by atoms with Crippen LogP contribution < -0.4 is 0 Å². The van der Waals surface area contributed by atoms with Gasteiger partial charge in [0.05, 0.1) is 0 Å². The van der Waals surface area contributed by atoms with Crippen LogP contribution in [0.3, 0.4) is 0 Å². The molecule has 0 heterocycles. The Morgan fingerprint density at radius 3 is 3.13 bits per heavy atom. The topological polar surface area (TPSA) is 43.4 Å². The molecule has 82 valence electrons. The van der Waals surface area contributed by atoms with E-state index < -0.39 is 0 Å². The van der Waals surface area contributed by atoms with Crippen molar-refractivity contribution in [3.05, 3.63) is 23.8 Å². The zero-order valence-corrected chi connectivity index (χ0v) is 8.94. The predicted molar refractivity (Wildman–Crippen MR) is 57.3 cm³/mol. The fourth-order valence-corrected chi connectivity index (χ4v) is 1.71. The van der Waals surface area contributed by atoms with Crippen LogP contribution in [0.4, 0.5) is 0 Å². The van der Waals surface area contributed by atoms with E-state index in [1.807, 2.05) is 12.2 Å². The van der Waals surface area contributed by atoms with Crippen molar-refractivity contribution in [3.8, 4) is 0 Å². The number of esters is 1. The summed E-state index contributed by atoms with van der Waals surface area (Å²) in [5.74, 6) is 0.0839. The van der Waals surface area contributed by atoms with Crippen molar-refractivity contribution in [2.24, 2.45) is 5.92 Å². The van der Waals surface area contributed by atoms with Crippen LogP contribution >= 0.6 is 0 Å². The molecule has 0 bridgehead atoms. The highest BCUT2D eigenvalue weighted by molar-refractivity contribution is 5.66. The molecule has 1 aliphatic rings. The first-order chi connectivity index (χ1) is 7.24. The lowest BCUT2D eigenvalue weighted by Gasteiger charge is -2.07. The Morgan fingerprint density at radius 2 is 2.47 bits per heavy atom. The minimum absolute atomic E-state index is 0.274. The van der Waals surface area contributed by atoms with Crippen LogP contribution in [0.25, 0.3) is 0 Å². The summed E-state index contributed by atoms with van der Waals surface area (Å²) in [5, 5.41) is 0. The first-order valence-corrected chi connectivity index (χ1v) is 5.17. The van der Waals surface area contributed by atoms with E-state index in [1.54, 1.807) is 0 Å². The Morgan fingerprint density at radius 1 is 1.67 bits per heavy atom. The van der Waals surface area contributed by atoms with E-state index in [1.165, 1.54) is 12.5 Å². The molecule has 1 rings (SSSR count). The van der Waals surface area contributed by atoms with E-state index in [0.29, 0.717) is 18.9 Å². The molecule has 1 unspecified atom stereocenters. The van der Waals surface area contributed by atoms with Crippen molar-refractivity contribution in [1.29, 1.82) is 0 Å². The number of hydrogen-bond acceptors (Lipinski definition) is 3. The maximum absolute atomic E-state index is 10.5. The second-order valence-corrected chi connectivity index (χ2v) is 3.59. The third kappa shape index (κ3) is 4.11. The number of aldehydes is 1. The lowest BCUT2D eigenvalue weighted by Crippen LogP contribution is -2.00. The van der Waals surface area contributed by atoms with Gasteiger partial charge in [-0.1, -0.05) is 12.2 Å². The normalized spacial score (nSPS) is 20.3. The van der Waals surface area contributed by atoms with E-state index in [4.69, 9.17) is 4.74 Å². The van der Waals surface area contributed by atoms with Gasteiger partial charge in [-0.15, -0.1) is 0 Å². The van der Waals surface area contributed by atoms with Gasteiger partial charge in [0.2, 0.25) is 0 Å². The Labute approximate surface area is 89.8 Å². The number of carbonyl (C=O) groups excluding carboxylic acids is 2. The van der Waals surface area contributed by atoms with Crippen molar-refractivity contribution in [1.82, 2.24) is 0 Å². The van der Waals surface area contributed by atoms with E-state index in [-0.39, 0.29) is 5.97 Å². The quantitative estimate of drug-likeness (QED) is 0.513. The molecule has 0 saturated carbocycles. The zero-order valence-electron chi connectivity index (χ0n) is 8.94. The Kier molecular flexibility index (Phi) is 4.81. The van der Waals surface area contributed by atoms with Crippen LogP contribution in [0, 0.1) is 5.92 Å². The molecular formula is C12H16O3. The largest absolute Gasteiger partial charge is 0.462 e. The molecular weight excluding hydrogens is 192 g/mol. The highest BCUT2D eigenvalue weighted by atomic mass is 16.5. The Hall–Kier alpha value is -1.38. The molecule has 0 aromatic rings. The molecule has 1 atom stereocenters. The summed E-state index contributed by atoms with van der Waals surface area (Å²) in [5.41, 5.74) is 1.19. The lowest BCUT2D eigenvalue weighted by molar-refractivity contribution is -0.139. The second kappa shape index (κ2) is 6.17. The molecule has 0 radical (unpaired) electrons. The number of rotatable bonds is 5. The minimum Gasteiger partial charge on any atom is -0.462 e. The molecule has 0 aromatic carbocycles. The highest BCUT2D eigenvalue weighted by Crippen LogP contribution is 2.28. The molecule has 0 aliphatic heterocycles. The summed E-state index contributed by atoms with van der Waals surface area (Å²) in [6.07, 6.45) is 9.53. The first-order valence-electron chi connectivity index (χ1n) is 5.17. The van der Waals surface area contributed by atoms with Crippen LogP contribution in [0.15, 0.2) is 23.8 Å². The summed E-state index contributed by atoms with van der Waals surface area (Å²) in [6, 6.07) is 0. The van der Waals surface area contributed by atoms with E-state index in [0.717, 1.165) is 19.1 Å². The zero-order chi connectivity index (χ0) is 11.1. The van der Waals surface area contributed by atoms with Gasteiger partial charge in [-0.05, 0) is 30.4 Å². The molecule has 3 nitrogen and oxygen atoms in total.